The van der Waals surface area contributed by atoms with Crippen molar-refractivity contribution in [1.29, 1.82) is 0 Å². The van der Waals surface area contributed by atoms with Gasteiger partial charge in [0.1, 0.15) is 0 Å². The van der Waals surface area contributed by atoms with Gasteiger partial charge >= 0.3 is 0 Å². The topological polar surface area (TPSA) is 48.3 Å². The molecule has 1 fully saturated rings. The molecule has 1 atom stereocenters. The molecule has 0 spiro atoms. The molecule has 1 N–H and O–H groups in total. The summed E-state index contributed by atoms with van der Waals surface area (Å²) >= 11 is 6.43. The van der Waals surface area contributed by atoms with E-state index in [0.717, 1.165) is 18.5 Å². The molecule has 1 aliphatic heterocycles. The van der Waals surface area contributed by atoms with Gasteiger partial charge in [0.05, 0.1) is 28.6 Å². The molecule has 0 amide bonds. The van der Waals surface area contributed by atoms with Gasteiger partial charge in [-0.3, -0.25) is 4.68 Å². The molecule has 1 aromatic heterocycles. The summed E-state index contributed by atoms with van der Waals surface area (Å²) in [4.78, 5) is 0. The van der Waals surface area contributed by atoms with Crippen LogP contribution in [-0.2, 0) is 9.47 Å². The van der Waals surface area contributed by atoms with Crippen LogP contribution in [0.2, 0.25) is 5.02 Å². The molecule has 1 saturated heterocycles. The summed E-state index contributed by atoms with van der Waals surface area (Å²) in [6, 6.07) is 0.251. The molecular formula is C15H26ClN3O2. The van der Waals surface area contributed by atoms with Crippen LogP contribution in [0.4, 0.5) is 0 Å². The van der Waals surface area contributed by atoms with E-state index in [2.05, 4.69) is 24.3 Å². The molecule has 1 aromatic rings. The molecule has 120 valence electrons. The van der Waals surface area contributed by atoms with Gasteiger partial charge in [0.15, 0.2) is 0 Å². The molecule has 0 radical (unpaired) electrons. The van der Waals surface area contributed by atoms with Gasteiger partial charge in [0.25, 0.3) is 0 Å². The van der Waals surface area contributed by atoms with Crippen molar-refractivity contribution in [1.82, 2.24) is 15.1 Å². The molecule has 0 aliphatic carbocycles. The van der Waals surface area contributed by atoms with Crippen LogP contribution < -0.4 is 5.32 Å². The van der Waals surface area contributed by atoms with Gasteiger partial charge < -0.3 is 14.8 Å². The molecule has 1 unspecified atom stereocenters. The van der Waals surface area contributed by atoms with Gasteiger partial charge in [-0.2, -0.15) is 5.10 Å². The zero-order valence-corrected chi connectivity index (χ0v) is 14.1. The minimum atomic E-state index is -0.294. The van der Waals surface area contributed by atoms with Crippen LogP contribution in [0.3, 0.4) is 0 Å². The van der Waals surface area contributed by atoms with Crippen molar-refractivity contribution in [2.45, 2.75) is 51.3 Å². The summed E-state index contributed by atoms with van der Waals surface area (Å²) < 4.78 is 13.7. The molecule has 6 heteroatoms. The van der Waals surface area contributed by atoms with Gasteiger partial charge in [0.2, 0.25) is 0 Å². The predicted octanol–water partition coefficient (Wildman–Crippen LogP) is 2.96. The average Bonchev–Trinajstić information content (AvgIpc) is 2.83. The van der Waals surface area contributed by atoms with Gasteiger partial charge in [-0.25, -0.2) is 0 Å². The van der Waals surface area contributed by atoms with Crippen LogP contribution in [0.1, 0.15) is 51.4 Å². The van der Waals surface area contributed by atoms with E-state index in [-0.39, 0.29) is 17.7 Å². The highest BCUT2D eigenvalue weighted by Crippen LogP contribution is 2.40. The van der Waals surface area contributed by atoms with E-state index in [1.54, 1.807) is 6.20 Å². The summed E-state index contributed by atoms with van der Waals surface area (Å²) in [5.41, 5.74) is 0.711. The zero-order chi connectivity index (χ0) is 15.5. The van der Waals surface area contributed by atoms with Crippen molar-refractivity contribution in [3.05, 3.63) is 16.9 Å². The maximum absolute atomic E-state index is 6.43. The number of nitrogens with zero attached hydrogens (tertiary/aromatic N) is 2. The average molecular weight is 316 g/mol. The number of rotatable bonds is 6. The molecule has 0 bridgehead atoms. The second-order valence-corrected chi connectivity index (χ2v) is 6.16. The Morgan fingerprint density at radius 2 is 2.14 bits per heavy atom. The van der Waals surface area contributed by atoms with Gasteiger partial charge in [-0.1, -0.05) is 11.6 Å². The fourth-order valence-electron chi connectivity index (χ4n) is 3.20. The fraction of sp³-hybridized carbons (Fsp3) is 0.800. The predicted molar refractivity (Wildman–Crippen MR) is 83.8 cm³/mol. The SMILES string of the molecule is CCOC1(C(NC)c2c(Cl)cnn2C(C)C)CCOCC1. The summed E-state index contributed by atoms with van der Waals surface area (Å²) in [5.74, 6) is 0. The van der Waals surface area contributed by atoms with E-state index < -0.39 is 0 Å². The first-order chi connectivity index (χ1) is 10.1. The van der Waals surface area contributed by atoms with Crippen molar-refractivity contribution in [2.24, 2.45) is 0 Å². The minimum Gasteiger partial charge on any atom is -0.381 e. The van der Waals surface area contributed by atoms with Crippen LogP contribution in [-0.4, -0.2) is 42.2 Å². The van der Waals surface area contributed by atoms with Crippen LogP contribution in [0.15, 0.2) is 6.20 Å². The molecule has 1 aliphatic rings. The van der Waals surface area contributed by atoms with Crippen LogP contribution in [0.5, 0.6) is 0 Å². The van der Waals surface area contributed by atoms with E-state index in [1.165, 1.54) is 0 Å². The third-order valence-electron chi connectivity index (χ3n) is 4.14. The second kappa shape index (κ2) is 7.09. The highest BCUT2D eigenvalue weighted by molar-refractivity contribution is 6.31. The first-order valence-electron chi connectivity index (χ1n) is 7.67. The lowest BCUT2D eigenvalue weighted by atomic mass is 9.84. The Kier molecular flexibility index (Phi) is 5.66. The number of likely N-dealkylation sites (N-methyl/N-ethyl adjacent to an activating group) is 1. The van der Waals surface area contributed by atoms with Crippen LogP contribution in [0, 0.1) is 0 Å². The van der Waals surface area contributed by atoms with Crippen molar-refractivity contribution in [3.8, 4) is 0 Å². The maximum Gasteiger partial charge on any atom is 0.0935 e. The molecule has 21 heavy (non-hydrogen) atoms. The standard InChI is InChI=1S/C15H26ClN3O2/c1-5-21-15(6-8-20-9-7-15)14(17-4)13-12(16)10-18-19(13)11(2)3/h10-11,14,17H,5-9H2,1-4H3. The summed E-state index contributed by atoms with van der Waals surface area (Å²) in [5, 5.41) is 8.53. The molecule has 2 rings (SSSR count). The van der Waals surface area contributed by atoms with E-state index in [1.807, 2.05) is 18.7 Å². The minimum absolute atomic E-state index is 0.00116. The smallest absolute Gasteiger partial charge is 0.0935 e. The molecule has 0 saturated carbocycles. The van der Waals surface area contributed by atoms with Crippen molar-refractivity contribution in [3.63, 3.8) is 0 Å². The normalized spacial score (nSPS) is 19.9. The Hall–Kier alpha value is -0.620. The first-order valence-corrected chi connectivity index (χ1v) is 8.05. The Morgan fingerprint density at radius 1 is 1.48 bits per heavy atom. The third kappa shape index (κ3) is 3.26. The zero-order valence-electron chi connectivity index (χ0n) is 13.4. The van der Waals surface area contributed by atoms with Crippen molar-refractivity contribution >= 4 is 11.6 Å². The maximum atomic E-state index is 6.43. The molecule has 2 heterocycles. The van der Waals surface area contributed by atoms with E-state index in [9.17, 15) is 0 Å². The quantitative estimate of drug-likeness (QED) is 0.877. The van der Waals surface area contributed by atoms with Gasteiger partial charge in [-0.15, -0.1) is 0 Å². The number of nitrogens with one attached hydrogen (secondary N) is 1. The lowest BCUT2D eigenvalue weighted by molar-refractivity contribution is -0.128. The van der Waals surface area contributed by atoms with E-state index in [4.69, 9.17) is 21.1 Å². The van der Waals surface area contributed by atoms with Gasteiger partial charge in [0, 0.05) is 38.7 Å². The lowest BCUT2D eigenvalue weighted by Crippen LogP contribution is -2.50. The van der Waals surface area contributed by atoms with Crippen molar-refractivity contribution in [2.75, 3.05) is 26.9 Å². The summed E-state index contributed by atoms with van der Waals surface area (Å²) in [6.45, 7) is 8.35. The summed E-state index contributed by atoms with van der Waals surface area (Å²) in [6.07, 6.45) is 3.43. The van der Waals surface area contributed by atoms with Crippen LogP contribution in [0.25, 0.3) is 0 Å². The third-order valence-corrected chi connectivity index (χ3v) is 4.43. The Morgan fingerprint density at radius 3 is 2.67 bits per heavy atom. The Bertz CT molecular complexity index is 450. The highest BCUT2D eigenvalue weighted by Gasteiger charge is 2.44. The number of hydrogen-bond donors (Lipinski definition) is 1. The Labute approximate surface area is 131 Å². The number of aromatic nitrogens is 2. The largest absolute Gasteiger partial charge is 0.381 e. The second-order valence-electron chi connectivity index (χ2n) is 5.75. The molecule has 5 nitrogen and oxygen atoms in total. The first kappa shape index (κ1) is 16.7. The van der Waals surface area contributed by atoms with Crippen molar-refractivity contribution < 1.29 is 9.47 Å². The molecular weight excluding hydrogens is 290 g/mol. The number of halogens is 1. The lowest BCUT2D eigenvalue weighted by Gasteiger charge is -2.43. The summed E-state index contributed by atoms with van der Waals surface area (Å²) in [7, 11) is 1.95. The number of hydrogen-bond acceptors (Lipinski definition) is 4. The van der Waals surface area contributed by atoms with E-state index in [0.29, 0.717) is 24.8 Å². The highest BCUT2D eigenvalue weighted by atomic mass is 35.5. The monoisotopic (exact) mass is 315 g/mol. The van der Waals surface area contributed by atoms with Crippen LogP contribution >= 0.6 is 11.6 Å². The number of ether oxygens (including phenoxy) is 2. The Balaban J connectivity index is 2.43. The van der Waals surface area contributed by atoms with Gasteiger partial charge in [-0.05, 0) is 27.8 Å². The molecule has 0 aromatic carbocycles. The van der Waals surface area contributed by atoms with E-state index >= 15 is 0 Å². The fourth-order valence-corrected chi connectivity index (χ4v) is 3.44.